The Morgan fingerprint density at radius 1 is 1.33 bits per heavy atom. The molecular formula is C19H19N5O3. The van der Waals surface area contributed by atoms with Gasteiger partial charge in [0.15, 0.2) is 5.65 Å². The van der Waals surface area contributed by atoms with Crippen molar-refractivity contribution in [3.8, 4) is 23.3 Å². The van der Waals surface area contributed by atoms with E-state index in [1.165, 1.54) is 13.1 Å². The Morgan fingerprint density at radius 3 is 2.67 bits per heavy atom. The molecule has 6 N–H and O–H groups in total. The molecule has 8 nitrogen and oxygen atoms in total. The molecule has 8 heteroatoms. The van der Waals surface area contributed by atoms with Crippen molar-refractivity contribution in [1.82, 2.24) is 14.5 Å². The highest BCUT2D eigenvalue weighted by atomic mass is 16.3. The summed E-state index contributed by atoms with van der Waals surface area (Å²) >= 11 is 0. The van der Waals surface area contributed by atoms with Crippen molar-refractivity contribution >= 4 is 22.9 Å². The first-order valence-electron chi connectivity index (χ1n) is 8.18. The van der Waals surface area contributed by atoms with E-state index < -0.39 is 12.0 Å². The van der Waals surface area contributed by atoms with Crippen molar-refractivity contribution in [3.63, 3.8) is 0 Å². The SMILES string of the molecule is Cc1ccc(O)c(C)c1-n1c(N)c(C(N)=O)c2ncc(C#C[C@H](C)O)nc21. The van der Waals surface area contributed by atoms with Crippen LogP contribution in [0.3, 0.4) is 0 Å². The van der Waals surface area contributed by atoms with Crippen LogP contribution in [0.25, 0.3) is 16.9 Å². The lowest BCUT2D eigenvalue weighted by molar-refractivity contribution is 0.100. The second kappa shape index (κ2) is 6.63. The molecule has 2 heterocycles. The monoisotopic (exact) mass is 365 g/mol. The molecule has 0 aliphatic heterocycles. The lowest BCUT2D eigenvalue weighted by atomic mass is 10.1. The number of aromatic nitrogens is 3. The van der Waals surface area contributed by atoms with Crippen molar-refractivity contribution in [2.24, 2.45) is 5.73 Å². The van der Waals surface area contributed by atoms with Gasteiger partial charge < -0.3 is 21.7 Å². The van der Waals surface area contributed by atoms with Crippen molar-refractivity contribution in [1.29, 1.82) is 0 Å². The van der Waals surface area contributed by atoms with E-state index in [-0.39, 0.29) is 28.3 Å². The number of aromatic hydroxyl groups is 1. The number of benzene rings is 1. The van der Waals surface area contributed by atoms with Crippen molar-refractivity contribution in [2.45, 2.75) is 26.9 Å². The van der Waals surface area contributed by atoms with Gasteiger partial charge in [-0.15, -0.1) is 0 Å². The van der Waals surface area contributed by atoms with Gasteiger partial charge in [-0.25, -0.2) is 9.97 Å². The number of nitrogens with two attached hydrogens (primary N) is 2. The highest BCUT2D eigenvalue weighted by Gasteiger charge is 2.24. The predicted molar refractivity (Wildman–Crippen MR) is 101 cm³/mol. The van der Waals surface area contributed by atoms with Gasteiger partial charge in [-0.3, -0.25) is 9.36 Å². The molecule has 2 aromatic heterocycles. The largest absolute Gasteiger partial charge is 0.508 e. The standard InChI is InChI=1S/C19H19N5O3/c1-9-4-7-13(26)11(3)16(9)24-17(20)14(18(21)27)15-19(24)23-12(8-22-15)6-5-10(2)25/h4,7-8,10,25-26H,20H2,1-3H3,(H2,21,27)/t10-/m0/s1. The van der Waals surface area contributed by atoms with Crippen LogP contribution in [0.2, 0.25) is 0 Å². The quantitative estimate of drug-likeness (QED) is 0.502. The minimum atomic E-state index is -0.823. The van der Waals surface area contributed by atoms with Crippen LogP contribution in [0.15, 0.2) is 18.3 Å². The maximum atomic E-state index is 12.0. The summed E-state index contributed by atoms with van der Waals surface area (Å²) < 4.78 is 1.54. The molecule has 3 aromatic rings. The first-order chi connectivity index (χ1) is 12.7. The number of primary amides is 1. The van der Waals surface area contributed by atoms with E-state index in [1.807, 2.05) is 6.92 Å². The van der Waals surface area contributed by atoms with Gasteiger partial charge >= 0.3 is 0 Å². The molecule has 0 radical (unpaired) electrons. The molecule has 0 spiro atoms. The molecule has 138 valence electrons. The Kier molecular flexibility index (Phi) is 4.47. The molecule has 0 unspecified atom stereocenters. The predicted octanol–water partition coefficient (Wildman–Crippen LogP) is 1.16. The number of nitrogens with zero attached hydrogens (tertiary/aromatic N) is 3. The Morgan fingerprint density at radius 2 is 2.04 bits per heavy atom. The van der Waals surface area contributed by atoms with Crippen molar-refractivity contribution < 1.29 is 15.0 Å². The minimum Gasteiger partial charge on any atom is -0.508 e. The van der Waals surface area contributed by atoms with Gasteiger partial charge in [0.05, 0.1) is 11.9 Å². The number of carbonyl (C=O) groups is 1. The number of carbonyl (C=O) groups excluding carboxylic acids is 1. The van der Waals surface area contributed by atoms with E-state index in [2.05, 4.69) is 21.8 Å². The number of rotatable bonds is 2. The fourth-order valence-electron chi connectivity index (χ4n) is 2.94. The zero-order valence-corrected chi connectivity index (χ0v) is 15.1. The summed E-state index contributed by atoms with van der Waals surface area (Å²) in [5.74, 6) is 4.74. The number of phenols is 1. The Bertz CT molecular complexity index is 1140. The summed E-state index contributed by atoms with van der Waals surface area (Å²) in [4.78, 5) is 20.7. The number of anilines is 1. The van der Waals surface area contributed by atoms with Gasteiger partial charge in [0.1, 0.15) is 34.4 Å². The number of hydrogen-bond acceptors (Lipinski definition) is 6. The molecule has 1 atom stereocenters. The Hall–Kier alpha value is -3.57. The molecule has 0 saturated carbocycles. The fraction of sp³-hybridized carbons (Fsp3) is 0.211. The molecule has 0 aliphatic carbocycles. The maximum absolute atomic E-state index is 12.0. The lowest BCUT2D eigenvalue weighted by Gasteiger charge is -2.15. The number of aryl methyl sites for hydroxylation is 1. The highest BCUT2D eigenvalue weighted by molar-refractivity contribution is 6.09. The smallest absolute Gasteiger partial charge is 0.254 e. The average Bonchev–Trinajstić information content (AvgIpc) is 2.88. The van der Waals surface area contributed by atoms with E-state index in [4.69, 9.17) is 11.5 Å². The number of nitrogen functional groups attached to an aromatic ring is 1. The lowest BCUT2D eigenvalue weighted by Crippen LogP contribution is -2.14. The Balaban J connectivity index is 2.43. The Labute approximate surface area is 155 Å². The third-order valence-corrected chi connectivity index (χ3v) is 4.18. The summed E-state index contributed by atoms with van der Waals surface area (Å²) in [6, 6.07) is 3.31. The number of hydrogen-bond donors (Lipinski definition) is 4. The topological polar surface area (TPSA) is 140 Å². The molecule has 0 fully saturated rings. The molecular weight excluding hydrogens is 346 g/mol. The third kappa shape index (κ3) is 3.05. The fourth-order valence-corrected chi connectivity index (χ4v) is 2.94. The van der Waals surface area contributed by atoms with Crippen LogP contribution in [0.4, 0.5) is 5.82 Å². The van der Waals surface area contributed by atoms with Crippen molar-refractivity contribution in [2.75, 3.05) is 5.73 Å². The van der Waals surface area contributed by atoms with Crippen LogP contribution >= 0.6 is 0 Å². The van der Waals surface area contributed by atoms with Crippen LogP contribution in [0.1, 0.15) is 34.1 Å². The summed E-state index contributed by atoms with van der Waals surface area (Å²) in [5, 5.41) is 19.5. The molecule has 0 bridgehead atoms. The van der Waals surface area contributed by atoms with E-state index in [1.54, 1.807) is 23.6 Å². The van der Waals surface area contributed by atoms with E-state index in [0.29, 0.717) is 16.9 Å². The summed E-state index contributed by atoms with van der Waals surface area (Å²) in [7, 11) is 0. The van der Waals surface area contributed by atoms with Crippen molar-refractivity contribution in [3.05, 3.63) is 40.7 Å². The molecule has 3 rings (SSSR count). The maximum Gasteiger partial charge on any atom is 0.254 e. The van der Waals surface area contributed by atoms with Crippen LogP contribution < -0.4 is 11.5 Å². The summed E-state index contributed by atoms with van der Waals surface area (Å²) in [6.45, 7) is 5.11. The second-order valence-corrected chi connectivity index (χ2v) is 6.21. The van der Waals surface area contributed by atoms with Gasteiger partial charge in [-0.1, -0.05) is 12.0 Å². The second-order valence-electron chi connectivity index (χ2n) is 6.21. The normalized spacial score (nSPS) is 11.9. The summed E-state index contributed by atoms with van der Waals surface area (Å²) in [6.07, 6.45) is 0.562. The number of aliphatic hydroxyl groups excluding tert-OH is 1. The molecule has 27 heavy (non-hydrogen) atoms. The van der Waals surface area contributed by atoms with Crippen LogP contribution in [0, 0.1) is 25.7 Å². The molecule has 1 aromatic carbocycles. The number of fused-ring (bicyclic) bond motifs is 1. The number of aliphatic hydroxyl groups is 1. The average molecular weight is 365 g/mol. The van der Waals surface area contributed by atoms with Crippen LogP contribution in [0.5, 0.6) is 5.75 Å². The van der Waals surface area contributed by atoms with E-state index in [9.17, 15) is 15.0 Å². The number of amides is 1. The van der Waals surface area contributed by atoms with Gasteiger partial charge in [0, 0.05) is 5.56 Å². The molecule has 1 amide bonds. The van der Waals surface area contributed by atoms with Gasteiger partial charge in [-0.2, -0.15) is 0 Å². The van der Waals surface area contributed by atoms with Gasteiger partial charge in [-0.05, 0) is 38.3 Å². The van der Waals surface area contributed by atoms with Gasteiger partial charge in [0.25, 0.3) is 5.91 Å². The summed E-state index contributed by atoms with van der Waals surface area (Å²) in [5.41, 5.74) is 14.6. The van der Waals surface area contributed by atoms with E-state index in [0.717, 1.165) is 5.56 Å². The minimum absolute atomic E-state index is 0.0506. The zero-order chi connectivity index (χ0) is 19.9. The van der Waals surface area contributed by atoms with Crippen LogP contribution in [-0.2, 0) is 0 Å². The number of phenolic OH excluding ortho intramolecular Hbond substituents is 1. The first-order valence-corrected chi connectivity index (χ1v) is 8.18. The zero-order valence-electron chi connectivity index (χ0n) is 15.1. The van der Waals surface area contributed by atoms with E-state index >= 15 is 0 Å². The first kappa shape index (κ1) is 18.2. The molecule has 0 saturated heterocycles. The molecule has 0 aliphatic rings. The third-order valence-electron chi connectivity index (χ3n) is 4.18. The highest BCUT2D eigenvalue weighted by Crippen LogP contribution is 2.34. The van der Waals surface area contributed by atoms with Gasteiger partial charge in [0.2, 0.25) is 0 Å². The van der Waals surface area contributed by atoms with Crippen LogP contribution in [-0.4, -0.2) is 36.8 Å².